The number of nitrogens with zero attached hydrogens (tertiary/aromatic N) is 3. The Morgan fingerprint density at radius 3 is 2.51 bits per heavy atom. The summed E-state index contributed by atoms with van der Waals surface area (Å²) in [4.78, 5) is 28.3. The van der Waals surface area contributed by atoms with E-state index in [1.807, 2.05) is 0 Å². The van der Waals surface area contributed by atoms with E-state index >= 15 is 0 Å². The molecule has 11 heteroatoms. The second-order valence-electron chi connectivity index (χ2n) is 9.46. The molecule has 194 valence electrons. The zero-order chi connectivity index (χ0) is 27.0. The lowest BCUT2D eigenvalue weighted by Crippen LogP contribution is -2.43. The quantitative estimate of drug-likeness (QED) is 0.309. The van der Waals surface area contributed by atoms with Gasteiger partial charge in [0.05, 0.1) is 35.6 Å². The van der Waals surface area contributed by atoms with Gasteiger partial charge < -0.3 is 15.0 Å². The second-order valence-corrected chi connectivity index (χ2v) is 9.82. The Hall–Kier alpha value is -3.49. The minimum atomic E-state index is -4.76. The van der Waals surface area contributed by atoms with Crippen LogP contribution >= 0.6 is 12.2 Å². The molecule has 2 aliphatic heterocycles. The molecule has 7 nitrogen and oxygen atoms in total. The van der Waals surface area contributed by atoms with E-state index in [0.29, 0.717) is 18.2 Å². The van der Waals surface area contributed by atoms with Gasteiger partial charge in [0.2, 0.25) is 0 Å². The summed E-state index contributed by atoms with van der Waals surface area (Å²) in [6.07, 6.45) is -2.69. The van der Waals surface area contributed by atoms with Crippen LogP contribution in [0.25, 0.3) is 0 Å². The molecule has 2 aromatic rings. The fraction of sp³-hybridized carbons (Fsp3) is 0.385. The Morgan fingerprint density at radius 2 is 1.92 bits per heavy atom. The van der Waals surface area contributed by atoms with Gasteiger partial charge in [-0.3, -0.25) is 14.5 Å². The topological polar surface area (TPSA) is 89.0 Å². The first-order valence-electron chi connectivity index (χ1n) is 11.7. The van der Waals surface area contributed by atoms with Crippen LogP contribution in [-0.4, -0.2) is 46.6 Å². The molecule has 1 unspecified atom stereocenters. The van der Waals surface area contributed by atoms with E-state index in [1.165, 1.54) is 12.1 Å². The molecule has 0 bridgehead atoms. The van der Waals surface area contributed by atoms with Gasteiger partial charge in [-0.1, -0.05) is 12.1 Å². The van der Waals surface area contributed by atoms with Crippen molar-refractivity contribution in [1.29, 1.82) is 5.26 Å². The van der Waals surface area contributed by atoms with Gasteiger partial charge in [-0.25, -0.2) is 0 Å². The van der Waals surface area contributed by atoms with Gasteiger partial charge in [0.15, 0.2) is 5.11 Å². The average molecular weight is 531 g/mol. The number of nitrogens with one attached hydrogen (secondary N) is 1. The molecule has 1 atom stereocenters. The number of rotatable bonds is 8. The number of epoxide rings is 1. The maximum absolute atomic E-state index is 13.5. The lowest BCUT2D eigenvalue weighted by atomic mass is 10.0. The largest absolute Gasteiger partial charge is 0.417 e. The molecule has 2 heterocycles. The number of hydrogen-bond donors (Lipinski definition) is 1. The van der Waals surface area contributed by atoms with Crippen molar-refractivity contribution in [3.05, 3.63) is 64.7 Å². The maximum atomic E-state index is 13.5. The summed E-state index contributed by atoms with van der Waals surface area (Å²) in [5.41, 5.74) is -1.60. The average Bonchev–Trinajstić information content (AvgIpc) is 3.66. The number of amides is 2. The fourth-order valence-electron chi connectivity index (χ4n) is 4.14. The highest BCUT2D eigenvalue weighted by Gasteiger charge is 2.49. The zero-order valence-electron chi connectivity index (χ0n) is 20.3. The predicted molar refractivity (Wildman–Crippen MR) is 134 cm³/mol. The Balaban J connectivity index is 1.48. The standard InChI is InChI=1S/C26H25F3N4O3S/c1-25(2)23(35)33(19-10-9-18(13-30)21(12-19)26(27,28)29)24(37)32(25)14-16-5-7-17(8-6-16)22(34)31-11-3-4-20-15-36-20/h5-10,12,20H,3-4,11,14-15H2,1-2H3,(H,31,34). The number of anilines is 1. The van der Waals surface area contributed by atoms with Crippen LogP contribution in [0, 0.1) is 11.3 Å². The molecule has 0 aliphatic carbocycles. The molecular formula is C26H25F3N4O3S. The first-order chi connectivity index (χ1) is 17.4. The minimum absolute atomic E-state index is 0.0503. The number of halogens is 3. The normalized spacial score (nSPS) is 18.6. The van der Waals surface area contributed by atoms with Crippen LogP contribution in [0.5, 0.6) is 0 Å². The third-order valence-corrected chi connectivity index (χ3v) is 6.86. The molecule has 0 spiro atoms. The van der Waals surface area contributed by atoms with Gasteiger partial charge >= 0.3 is 6.18 Å². The van der Waals surface area contributed by atoms with Crippen molar-refractivity contribution in [2.24, 2.45) is 0 Å². The summed E-state index contributed by atoms with van der Waals surface area (Å²) >= 11 is 5.53. The second kappa shape index (κ2) is 10.1. The Labute approximate surface area is 217 Å². The number of ether oxygens (including phenoxy) is 1. The van der Waals surface area contributed by atoms with Gasteiger partial charge in [-0.2, -0.15) is 18.4 Å². The van der Waals surface area contributed by atoms with Crippen LogP contribution < -0.4 is 10.2 Å². The molecular weight excluding hydrogens is 505 g/mol. The molecule has 2 fully saturated rings. The Bertz CT molecular complexity index is 1270. The van der Waals surface area contributed by atoms with Crippen LogP contribution in [0.1, 0.15) is 53.7 Å². The molecule has 0 saturated carbocycles. The van der Waals surface area contributed by atoms with Gasteiger partial charge in [0.25, 0.3) is 11.8 Å². The van der Waals surface area contributed by atoms with Crippen LogP contribution in [-0.2, 0) is 22.3 Å². The van der Waals surface area contributed by atoms with E-state index in [1.54, 1.807) is 43.0 Å². The number of hydrogen-bond acceptors (Lipinski definition) is 5. The van der Waals surface area contributed by atoms with Crippen molar-refractivity contribution in [3.63, 3.8) is 0 Å². The Morgan fingerprint density at radius 1 is 1.24 bits per heavy atom. The summed E-state index contributed by atoms with van der Waals surface area (Å²) in [5, 5.41) is 12.0. The summed E-state index contributed by atoms with van der Waals surface area (Å²) in [5.74, 6) is -0.675. The molecule has 0 radical (unpaired) electrons. The summed E-state index contributed by atoms with van der Waals surface area (Å²) in [6, 6.07) is 11.5. The third-order valence-electron chi connectivity index (χ3n) is 6.46. The number of alkyl halides is 3. The van der Waals surface area contributed by atoms with E-state index in [2.05, 4.69) is 5.32 Å². The number of nitriles is 1. The first kappa shape index (κ1) is 26.6. The van der Waals surface area contributed by atoms with Crippen molar-refractivity contribution in [2.45, 2.75) is 51.1 Å². The minimum Gasteiger partial charge on any atom is -0.373 e. The highest BCUT2D eigenvalue weighted by molar-refractivity contribution is 7.80. The van der Waals surface area contributed by atoms with Gasteiger partial charge in [-0.05, 0) is 74.8 Å². The summed E-state index contributed by atoms with van der Waals surface area (Å²) in [6.45, 7) is 4.84. The number of carbonyl (C=O) groups excluding carboxylic acids is 2. The number of thiocarbonyl (C=S) groups is 1. The first-order valence-corrected chi connectivity index (χ1v) is 12.1. The molecule has 4 rings (SSSR count). The van der Waals surface area contributed by atoms with Crippen LogP contribution in [0.3, 0.4) is 0 Å². The van der Waals surface area contributed by atoms with Gasteiger partial charge in [0.1, 0.15) is 5.54 Å². The smallest absolute Gasteiger partial charge is 0.373 e. The molecule has 2 aliphatic rings. The van der Waals surface area contributed by atoms with Crippen LogP contribution in [0.4, 0.5) is 18.9 Å². The molecule has 1 N–H and O–H groups in total. The van der Waals surface area contributed by atoms with Crippen LogP contribution in [0.15, 0.2) is 42.5 Å². The predicted octanol–water partition coefficient (Wildman–Crippen LogP) is 4.40. The number of benzene rings is 2. The SMILES string of the molecule is CC1(C)C(=O)N(c2ccc(C#N)c(C(F)(F)F)c2)C(=S)N1Cc1ccc(C(=O)NCCCC2CO2)cc1. The highest BCUT2D eigenvalue weighted by Crippen LogP contribution is 2.38. The molecule has 2 aromatic carbocycles. The summed E-state index contributed by atoms with van der Waals surface area (Å²) < 4.78 is 45.6. The van der Waals surface area contributed by atoms with Gasteiger partial charge in [0, 0.05) is 18.7 Å². The fourth-order valence-corrected chi connectivity index (χ4v) is 4.63. The van der Waals surface area contributed by atoms with Crippen molar-refractivity contribution in [3.8, 4) is 6.07 Å². The monoisotopic (exact) mass is 530 g/mol. The zero-order valence-corrected chi connectivity index (χ0v) is 21.1. The Kier molecular flexibility index (Phi) is 7.26. The summed E-state index contributed by atoms with van der Waals surface area (Å²) in [7, 11) is 0. The molecule has 2 amide bonds. The third kappa shape index (κ3) is 5.60. The van der Waals surface area contributed by atoms with E-state index < -0.39 is 28.7 Å². The van der Waals surface area contributed by atoms with E-state index in [0.717, 1.165) is 42.0 Å². The van der Waals surface area contributed by atoms with Gasteiger partial charge in [-0.15, -0.1) is 0 Å². The van der Waals surface area contributed by atoms with E-state index in [-0.39, 0.29) is 23.3 Å². The van der Waals surface area contributed by atoms with Crippen molar-refractivity contribution in [2.75, 3.05) is 18.1 Å². The van der Waals surface area contributed by atoms with E-state index in [9.17, 15) is 22.8 Å². The van der Waals surface area contributed by atoms with Crippen LogP contribution in [0.2, 0.25) is 0 Å². The lowest BCUT2D eigenvalue weighted by molar-refractivity contribution is -0.137. The lowest BCUT2D eigenvalue weighted by Gasteiger charge is -2.29. The molecule has 0 aromatic heterocycles. The van der Waals surface area contributed by atoms with Crippen molar-refractivity contribution < 1.29 is 27.5 Å². The van der Waals surface area contributed by atoms with Crippen molar-refractivity contribution in [1.82, 2.24) is 10.2 Å². The van der Waals surface area contributed by atoms with Crippen molar-refractivity contribution >= 4 is 34.8 Å². The maximum Gasteiger partial charge on any atom is 0.417 e. The highest BCUT2D eigenvalue weighted by atomic mass is 32.1. The van der Waals surface area contributed by atoms with E-state index in [4.69, 9.17) is 22.2 Å². The molecule has 37 heavy (non-hydrogen) atoms. The molecule has 2 saturated heterocycles. The number of carbonyl (C=O) groups is 2.